The van der Waals surface area contributed by atoms with E-state index in [1.165, 1.54) is 22.3 Å². The van der Waals surface area contributed by atoms with E-state index in [9.17, 15) is 9.50 Å². The molecule has 1 aromatic carbocycles. The summed E-state index contributed by atoms with van der Waals surface area (Å²) in [6.07, 6.45) is 2.15. The van der Waals surface area contributed by atoms with Gasteiger partial charge in [0.05, 0.1) is 11.9 Å². The van der Waals surface area contributed by atoms with Crippen LogP contribution in [0, 0.1) is 11.7 Å². The number of rotatable bonds is 1. The van der Waals surface area contributed by atoms with Crippen LogP contribution in [0.4, 0.5) is 15.8 Å². The van der Waals surface area contributed by atoms with E-state index < -0.39 is 0 Å². The zero-order chi connectivity index (χ0) is 16.1. The molecule has 0 amide bonds. The van der Waals surface area contributed by atoms with Gasteiger partial charge in [0.2, 0.25) is 5.88 Å². The molecule has 0 fully saturated rings. The molecule has 2 aliphatic rings. The third-order valence-electron chi connectivity index (χ3n) is 4.07. The lowest BCUT2D eigenvalue weighted by molar-refractivity contribution is 0.381. The summed E-state index contributed by atoms with van der Waals surface area (Å²) in [5.74, 6) is -0.367. The van der Waals surface area contributed by atoms with Gasteiger partial charge in [-0.2, -0.15) is 0 Å². The van der Waals surface area contributed by atoms with Gasteiger partial charge in [0.1, 0.15) is 22.4 Å². The van der Waals surface area contributed by atoms with Crippen LogP contribution in [0.25, 0.3) is 0 Å². The Hall–Kier alpha value is -2.35. The molecular formula is C16H15ClFN4O2. The van der Waals surface area contributed by atoms with E-state index in [0.717, 1.165) is 5.56 Å². The number of hydrogen-bond acceptors (Lipinski definition) is 4. The summed E-state index contributed by atoms with van der Waals surface area (Å²) in [4.78, 5) is 3.99. The molecule has 125 valence electrons. The highest BCUT2D eigenvalue weighted by molar-refractivity contribution is 6.29. The second-order valence-electron chi connectivity index (χ2n) is 5.61. The zero-order valence-electron chi connectivity index (χ0n) is 12.7. The van der Waals surface area contributed by atoms with E-state index in [4.69, 9.17) is 11.6 Å². The summed E-state index contributed by atoms with van der Waals surface area (Å²) >= 11 is 5.79. The van der Waals surface area contributed by atoms with Crippen molar-refractivity contribution in [3.05, 3.63) is 64.6 Å². The topological polar surface area (TPSA) is 85.2 Å². The first-order valence-corrected chi connectivity index (χ1v) is 7.58. The Morgan fingerprint density at radius 1 is 1.25 bits per heavy atom. The number of anilines is 2. The van der Waals surface area contributed by atoms with Gasteiger partial charge < -0.3 is 10.6 Å². The number of hydrogen-bond donors (Lipinski definition) is 1. The quantitative estimate of drug-likeness (QED) is 0.802. The van der Waals surface area contributed by atoms with E-state index in [1.807, 2.05) is 13.0 Å². The van der Waals surface area contributed by atoms with E-state index in [0.29, 0.717) is 28.6 Å². The van der Waals surface area contributed by atoms with Gasteiger partial charge in [0.25, 0.3) is 0 Å². The van der Waals surface area contributed by atoms with Crippen molar-refractivity contribution < 1.29 is 15.0 Å². The highest BCUT2D eigenvalue weighted by atomic mass is 35.5. The van der Waals surface area contributed by atoms with Gasteiger partial charge in [-0.3, -0.25) is 0 Å². The lowest BCUT2D eigenvalue weighted by atomic mass is 9.92. The third-order valence-corrected chi connectivity index (χ3v) is 4.29. The van der Waals surface area contributed by atoms with E-state index in [2.05, 4.69) is 10.5 Å². The maximum absolute atomic E-state index is 14.3. The summed E-state index contributed by atoms with van der Waals surface area (Å²) < 4.78 is 14.3. The number of halogens is 2. The predicted molar refractivity (Wildman–Crippen MR) is 88.9 cm³/mol. The van der Waals surface area contributed by atoms with Crippen LogP contribution in [0.1, 0.15) is 12.5 Å². The minimum Gasteiger partial charge on any atom is -0.492 e. The Morgan fingerprint density at radius 2 is 2.04 bits per heavy atom. The molecule has 0 spiro atoms. The fourth-order valence-electron chi connectivity index (χ4n) is 3.03. The molecule has 1 unspecified atom stereocenters. The number of para-hydroxylation sites is 1. The van der Waals surface area contributed by atoms with Gasteiger partial charge in [0.15, 0.2) is 0 Å². The number of aliphatic hydroxyl groups is 1. The fourth-order valence-corrected chi connectivity index (χ4v) is 3.14. The lowest BCUT2D eigenvalue weighted by Gasteiger charge is -2.31. The summed E-state index contributed by atoms with van der Waals surface area (Å²) in [6.45, 7) is 1.98. The molecule has 2 aromatic rings. The van der Waals surface area contributed by atoms with Crippen molar-refractivity contribution in [3.63, 3.8) is 0 Å². The van der Waals surface area contributed by atoms with Crippen molar-refractivity contribution in [2.45, 2.75) is 13.3 Å². The molecule has 2 aliphatic heterocycles. The fraction of sp³-hybridized carbons (Fsp3) is 0.188. The van der Waals surface area contributed by atoms with Crippen molar-refractivity contribution in [3.8, 4) is 0 Å². The molecule has 0 saturated heterocycles. The molecule has 1 aromatic heterocycles. The molecule has 0 aliphatic carbocycles. The van der Waals surface area contributed by atoms with Gasteiger partial charge in [-0.15, -0.1) is 0 Å². The average Bonchev–Trinajstić information content (AvgIpc) is 2.86. The second kappa shape index (κ2) is 5.94. The number of aliphatic hydroxyl groups excluding tert-OH is 1. The summed E-state index contributed by atoms with van der Waals surface area (Å²) in [5, 5.41) is 13.7. The molecule has 0 bridgehead atoms. The van der Waals surface area contributed by atoms with Gasteiger partial charge in [-0.05, 0) is 35.7 Å². The van der Waals surface area contributed by atoms with E-state index in [1.54, 1.807) is 18.2 Å². The monoisotopic (exact) mass is 349 g/mol. The minimum absolute atomic E-state index is 0. The second-order valence-corrected chi connectivity index (χ2v) is 6.00. The first-order valence-electron chi connectivity index (χ1n) is 7.20. The van der Waals surface area contributed by atoms with Crippen LogP contribution < -0.4 is 15.6 Å². The Morgan fingerprint density at radius 3 is 2.75 bits per heavy atom. The first kappa shape index (κ1) is 16.5. The van der Waals surface area contributed by atoms with Crippen molar-refractivity contribution in [1.82, 2.24) is 10.5 Å². The SMILES string of the molecule is CC1Cc2cccc(F)c2N2[N]N(c3ccc(Cl)nc3)C(O)=C12.O. The Labute approximate surface area is 143 Å². The van der Waals surface area contributed by atoms with Crippen molar-refractivity contribution in [2.75, 3.05) is 10.0 Å². The van der Waals surface area contributed by atoms with Crippen LogP contribution >= 0.6 is 11.6 Å². The number of aromatic nitrogens is 1. The lowest BCUT2D eigenvalue weighted by Crippen LogP contribution is -2.38. The molecule has 1 radical (unpaired) electrons. The number of fused-ring (bicyclic) bond motifs is 3. The van der Waals surface area contributed by atoms with Gasteiger partial charge in [-0.25, -0.2) is 19.4 Å². The average molecular weight is 350 g/mol. The molecule has 1 atom stereocenters. The van der Waals surface area contributed by atoms with Gasteiger partial charge in [0, 0.05) is 5.92 Å². The molecule has 3 N–H and O–H groups in total. The molecular weight excluding hydrogens is 335 g/mol. The van der Waals surface area contributed by atoms with Gasteiger partial charge in [-0.1, -0.05) is 30.7 Å². The highest BCUT2D eigenvalue weighted by Gasteiger charge is 2.41. The largest absolute Gasteiger partial charge is 0.492 e. The first-order chi connectivity index (χ1) is 11.1. The number of nitrogens with zero attached hydrogens (tertiary/aromatic N) is 4. The van der Waals surface area contributed by atoms with E-state index in [-0.39, 0.29) is 23.1 Å². The standard InChI is InChI=1S/C16H13ClFN4O.H2O/c1-9-7-10-3-2-4-12(18)15(10)22-14(9)16(23)21(20-22)11-5-6-13(17)19-8-11;/h2-6,8-9,23H,7H2,1H3;1H2. The maximum atomic E-state index is 14.3. The molecule has 24 heavy (non-hydrogen) atoms. The van der Waals surface area contributed by atoms with Crippen LogP contribution in [0.2, 0.25) is 5.15 Å². The Balaban J connectivity index is 0.00000169. The normalized spacial score (nSPS) is 19.0. The molecule has 3 heterocycles. The van der Waals surface area contributed by atoms with Crippen LogP contribution in [0.5, 0.6) is 0 Å². The number of allylic oxidation sites excluding steroid dienone is 1. The molecule has 6 nitrogen and oxygen atoms in total. The van der Waals surface area contributed by atoms with Crippen LogP contribution in [0.3, 0.4) is 0 Å². The Bertz CT molecular complexity index is 812. The maximum Gasteiger partial charge on any atom is 0.231 e. The smallest absolute Gasteiger partial charge is 0.231 e. The molecule has 0 saturated carbocycles. The van der Waals surface area contributed by atoms with Crippen LogP contribution in [-0.2, 0) is 6.42 Å². The van der Waals surface area contributed by atoms with Crippen molar-refractivity contribution >= 4 is 23.0 Å². The minimum atomic E-state index is -0.362. The highest BCUT2D eigenvalue weighted by Crippen LogP contribution is 2.42. The van der Waals surface area contributed by atoms with Crippen LogP contribution in [0.15, 0.2) is 48.1 Å². The van der Waals surface area contributed by atoms with Crippen molar-refractivity contribution in [2.24, 2.45) is 5.92 Å². The summed E-state index contributed by atoms with van der Waals surface area (Å²) in [7, 11) is 0. The summed E-state index contributed by atoms with van der Waals surface area (Å²) in [6, 6.07) is 8.27. The number of benzene rings is 1. The van der Waals surface area contributed by atoms with Crippen molar-refractivity contribution in [1.29, 1.82) is 0 Å². The third kappa shape index (κ3) is 2.37. The number of pyridine rings is 1. The van der Waals surface area contributed by atoms with Gasteiger partial charge >= 0.3 is 0 Å². The predicted octanol–water partition coefficient (Wildman–Crippen LogP) is 2.73. The molecule has 8 heteroatoms. The zero-order valence-corrected chi connectivity index (χ0v) is 13.5. The van der Waals surface area contributed by atoms with Crippen LogP contribution in [-0.4, -0.2) is 15.6 Å². The Kier molecular flexibility index (Phi) is 4.08. The summed E-state index contributed by atoms with van der Waals surface area (Å²) in [5.41, 5.74) is 6.75. The van der Waals surface area contributed by atoms with E-state index >= 15 is 0 Å². The molecule has 4 rings (SSSR count).